The molecule has 1 aromatic heterocycles. The van der Waals surface area contributed by atoms with E-state index in [1.54, 1.807) is 0 Å². The lowest BCUT2D eigenvalue weighted by molar-refractivity contribution is -0.127. The highest BCUT2D eigenvalue weighted by Crippen LogP contribution is 2.47. The Morgan fingerprint density at radius 1 is 1.21 bits per heavy atom. The van der Waals surface area contributed by atoms with Crippen LogP contribution < -0.4 is 16.0 Å². The van der Waals surface area contributed by atoms with E-state index < -0.39 is 0 Å². The summed E-state index contributed by atoms with van der Waals surface area (Å²) >= 11 is 0. The first-order valence-corrected chi connectivity index (χ1v) is 9.90. The van der Waals surface area contributed by atoms with Gasteiger partial charge in [-0.1, -0.05) is 6.07 Å². The van der Waals surface area contributed by atoms with E-state index in [2.05, 4.69) is 29.0 Å². The number of hydrogen-bond donors (Lipinski definition) is 2. The third-order valence-corrected chi connectivity index (χ3v) is 6.30. The maximum absolute atomic E-state index is 12.6. The van der Waals surface area contributed by atoms with Crippen molar-refractivity contribution in [2.45, 2.75) is 57.9 Å². The average molecular weight is 431 g/mol. The summed E-state index contributed by atoms with van der Waals surface area (Å²) in [5.74, 6) is 2.12. The zero-order chi connectivity index (χ0) is 18.3. The van der Waals surface area contributed by atoms with Gasteiger partial charge in [0.2, 0.25) is 5.91 Å². The minimum Gasteiger partial charge on any atom is -0.372 e. The van der Waals surface area contributed by atoms with E-state index in [0.29, 0.717) is 18.4 Å². The van der Waals surface area contributed by atoms with Gasteiger partial charge in [-0.3, -0.25) is 4.79 Å². The molecule has 0 aromatic carbocycles. The predicted molar refractivity (Wildman–Crippen MR) is 115 cm³/mol. The summed E-state index contributed by atoms with van der Waals surface area (Å²) in [4.78, 5) is 19.4. The fourth-order valence-corrected chi connectivity index (χ4v) is 5.11. The number of carbonyl (C=O) groups excluding carboxylic acids is 1. The Morgan fingerprint density at radius 2 is 1.89 bits per heavy atom. The van der Waals surface area contributed by atoms with Crippen molar-refractivity contribution in [3.8, 4) is 0 Å². The maximum Gasteiger partial charge on any atom is 0.225 e. The Morgan fingerprint density at radius 3 is 2.46 bits per heavy atom. The molecule has 0 spiro atoms. The number of nitrogens with one attached hydrogen (secondary N) is 1. The monoisotopic (exact) mass is 430 g/mol. The van der Waals surface area contributed by atoms with Crippen molar-refractivity contribution in [2.75, 3.05) is 18.0 Å². The van der Waals surface area contributed by atoms with Crippen molar-refractivity contribution < 1.29 is 9.53 Å². The smallest absolute Gasteiger partial charge is 0.225 e. The van der Waals surface area contributed by atoms with Crippen molar-refractivity contribution in [1.29, 1.82) is 0 Å². The normalized spacial score (nSPS) is 33.8. The molecule has 8 heteroatoms. The molecule has 0 radical (unpaired) electrons. The van der Waals surface area contributed by atoms with Crippen molar-refractivity contribution in [3.05, 3.63) is 23.9 Å². The molecular formula is C20H32Cl2N4O2. The van der Waals surface area contributed by atoms with Crippen LogP contribution in [0.3, 0.4) is 0 Å². The molecule has 158 valence electrons. The Labute approximate surface area is 179 Å². The topological polar surface area (TPSA) is 80.5 Å². The Balaban J connectivity index is 0.00000140. The van der Waals surface area contributed by atoms with Gasteiger partial charge in [-0.05, 0) is 56.6 Å². The van der Waals surface area contributed by atoms with E-state index in [1.165, 1.54) is 6.42 Å². The van der Waals surface area contributed by atoms with E-state index in [9.17, 15) is 4.79 Å². The minimum absolute atomic E-state index is 0. The lowest BCUT2D eigenvalue weighted by atomic mass is 9.84. The highest BCUT2D eigenvalue weighted by atomic mass is 35.5. The number of fused-ring (bicyclic) bond motifs is 2. The molecular weight excluding hydrogens is 399 g/mol. The Hall–Kier alpha value is -1.08. The van der Waals surface area contributed by atoms with Gasteiger partial charge in [0, 0.05) is 31.9 Å². The predicted octanol–water partition coefficient (Wildman–Crippen LogP) is 2.53. The first kappa shape index (κ1) is 23.2. The minimum atomic E-state index is -0.00249. The van der Waals surface area contributed by atoms with E-state index in [0.717, 1.165) is 37.3 Å². The molecule has 1 amide bonds. The largest absolute Gasteiger partial charge is 0.372 e. The second-order valence-electron chi connectivity index (χ2n) is 8.34. The van der Waals surface area contributed by atoms with E-state index in [4.69, 9.17) is 10.5 Å². The van der Waals surface area contributed by atoms with Crippen LogP contribution in [0.2, 0.25) is 0 Å². The van der Waals surface area contributed by atoms with Gasteiger partial charge in [-0.15, -0.1) is 24.8 Å². The number of hydrogen-bond acceptors (Lipinski definition) is 5. The number of nitrogens with zero attached hydrogens (tertiary/aromatic N) is 2. The summed E-state index contributed by atoms with van der Waals surface area (Å²) in [6, 6.07) is 4.13. The molecule has 3 fully saturated rings. The number of pyridine rings is 1. The summed E-state index contributed by atoms with van der Waals surface area (Å²) < 4.78 is 5.78. The molecule has 2 aliphatic carbocycles. The number of nitrogens with two attached hydrogens (primary N) is 1. The maximum atomic E-state index is 12.6. The van der Waals surface area contributed by atoms with Crippen molar-refractivity contribution in [3.63, 3.8) is 0 Å². The number of rotatable bonds is 4. The number of ether oxygens (including phenoxy) is 1. The Bertz CT molecular complexity index is 648. The highest BCUT2D eigenvalue weighted by molar-refractivity contribution is 5.85. The highest BCUT2D eigenvalue weighted by Gasteiger charge is 2.48. The summed E-state index contributed by atoms with van der Waals surface area (Å²) in [7, 11) is 0. The van der Waals surface area contributed by atoms with Gasteiger partial charge in [0.15, 0.2) is 0 Å². The van der Waals surface area contributed by atoms with Crippen LogP contribution in [0.5, 0.6) is 0 Å². The molecule has 6 atom stereocenters. The third kappa shape index (κ3) is 4.73. The summed E-state index contributed by atoms with van der Waals surface area (Å²) in [5.41, 5.74) is 7.29. The van der Waals surface area contributed by atoms with Crippen LogP contribution in [-0.4, -0.2) is 42.2 Å². The second-order valence-corrected chi connectivity index (χ2v) is 8.34. The van der Waals surface area contributed by atoms with Crippen molar-refractivity contribution >= 4 is 36.5 Å². The van der Waals surface area contributed by atoms with Gasteiger partial charge < -0.3 is 20.7 Å². The van der Waals surface area contributed by atoms with Gasteiger partial charge in [-0.25, -0.2) is 4.98 Å². The van der Waals surface area contributed by atoms with Crippen molar-refractivity contribution in [1.82, 2.24) is 10.3 Å². The van der Waals surface area contributed by atoms with E-state index in [-0.39, 0.29) is 54.9 Å². The van der Waals surface area contributed by atoms with Crippen LogP contribution in [0, 0.1) is 17.8 Å². The number of anilines is 1. The molecule has 3 aliphatic rings. The number of halogens is 2. The lowest BCUT2D eigenvalue weighted by Gasteiger charge is -2.36. The fraction of sp³-hybridized carbons (Fsp3) is 0.700. The van der Waals surface area contributed by atoms with Crippen molar-refractivity contribution in [2.24, 2.45) is 23.5 Å². The first-order chi connectivity index (χ1) is 12.5. The summed E-state index contributed by atoms with van der Waals surface area (Å²) in [6.45, 7) is 6.41. The Kier molecular flexibility index (Phi) is 7.97. The van der Waals surface area contributed by atoms with Crippen LogP contribution in [0.1, 0.15) is 38.7 Å². The molecule has 4 rings (SSSR count). The van der Waals surface area contributed by atoms with Crippen LogP contribution in [-0.2, 0) is 16.1 Å². The summed E-state index contributed by atoms with van der Waals surface area (Å²) in [6.07, 6.45) is 5.77. The van der Waals surface area contributed by atoms with Gasteiger partial charge in [0.25, 0.3) is 0 Å². The first-order valence-electron chi connectivity index (χ1n) is 9.90. The lowest BCUT2D eigenvalue weighted by Crippen LogP contribution is -2.46. The summed E-state index contributed by atoms with van der Waals surface area (Å²) in [5, 5.41) is 3.08. The molecule has 6 unspecified atom stereocenters. The average Bonchev–Trinajstić information content (AvgIpc) is 3.20. The van der Waals surface area contributed by atoms with Gasteiger partial charge in [0.05, 0.1) is 18.1 Å². The zero-order valence-corrected chi connectivity index (χ0v) is 18.2. The molecule has 2 heterocycles. The molecule has 2 bridgehead atoms. The van der Waals surface area contributed by atoms with E-state index >= 15 is 0 Å². The SMILES string of the molecule is CC1CN(c2ccc(CNC(=O)C3C4CCC(C4)C3N)cn2)CC(C)O1.Cl.Cl. The standard InChI is InChI=1S/C20H30N4O2.2ClH/c1-12-10-24(11-13(2)26-12)17-6-3-14(8-22-17)9-23-20(25)18-15-4-5-16(7-15)19(18)21;;/h3,6,8,12-13,15-16,18-19H,4-5,7,9-11,21H2,1-2H3,(H,23,25);2*1H. The van der Waals surface area contributed by atoms with Crippen LogP contribution in [0.25, 0.3) is 0 Å². The molecule has 1 aromatic rings. The van der Waals surface area contributed by atoms with Gasteiger partial charge >= 0.3 is 0 Å². The van der Waals surface area contributed by atoms with E-state index in [1.807, 2.05) is 18.3 Å². The molecule has 6 nitrogen and oxygen atoms in total. The van der Waals surface area contributed by atoms with Crippen LogP contribution in [0.4, 0.5) is 5.82 Å². The molecule has 1 aliphatic heterocycles. The quantitative estimate of drug-likeness (QED) is 0.766. The van der Waals surface area contributed by atoms with Gasteiger partial charge in [-0.2, -0.15) is 0 Å². The molecule has 2 saturated carbocycles. The van der Waals surface area contributed by atoms with Gasteiger partial charge in [0.1, 0.15) is 5.82 Å². The zero-order valence-electron chi connectivity index (χ0n) is 16.5. The molecule has 3 N–H and O–H groups in total. The molecule has 1 saturated heterocycles. The van der Waals surface area contributed by atoms with Crippen LogP contribution >= 0.6 is 24.8 Å². The second kappa shape index (κ2) is 9.61. The number of carbonyl (C=O) groups is 1. The number of morpholine rings is 1. The number of aromatic nitrogens is 1. The molecule has 28 heavy (non-hydrogen) atoms. The van der Waals surface area contributed by atoms with Crippen LogP contribution in [0.15, 0.2) is 18.3 Å². The third-order valence-electron chi connectivity index (χ3n) is 6.30. The number of amides is 1. The fourth-order valence-electron chi connectivity index (χ4n) is 5.11.